The molecule has 1 N–H and O–H groups in total. The summed E-state index contributed by atoms with van der Waals surface area (Å²) in [6.45, 7) is 0.748. The van der Waals surface area contributed by atoms with Gasteiger partial charge in [0.2, 0.25) is 5.13 Å². The van der Waals surface area contributed by atoms with E-state index in [1.807, 2.05) is 0 Å². The van der Waals surface area contributed by atoms with Gasteiger partial charge >= 0.3 is 0 Å². The molecule has 1 atom stereocenters. The van der Waals surface area contributed by atoms with Crippen LogP contribution in [-0.4, -0.2) is 42.8 Å². The Bertz CT molecular complexity index is 824. The molecular formula is C12H11N7O2S. The smallest absolute Gasteiger partial charge is 0.259 e. The molecule has 0 unspecified atom stereocenters. The molecule has 1 aliphatic rings. The van der Waals surface area contributed by atoms with Crippen molar-refractivity contribution in [1.29, 1.82) is 0 Å². The molecule has 1 aliphatic heterocycles. The number of rotatable bonds is 3. The third-order valence-electron chi connectivity index (χ3n) is 3.32. The van der Waals surface area contributed by atoms with E-state index in [0.29, 0.717) is 16.3 Å². The number of aromatic nitrogens is 6. The van der Waals surface area contributed by atoms with Gasteiger partial charge in [-0.25, -0.2) is 0 Å². The fourth-order valence-corrected chi connectivity index (χ4v) is 3.05. The van der Waals surface area contributed by atoms with Crippen LogP contribution in [0, 0.1) is 0 Å². The number of nitrogens with one attached hydrogen (secondary N) is 1. The van der Waals surface area contributed by atoms with Gasteiger partial charge in [-0.15, -0.1) is 15.3 Å². The van der Waals surface area contributed by atoms with Crippen LogP contribution in [0.4, 0.5) is 5.13 Å². The molecule has 4 rings (SSSR count). The van der Waals surface area contributed by atoms with E-state index < -0.39 is 0 Å². The predicted molar refractivity (Wildman–Crippen MR) is 76.6 cm³/mol. The topological polar surface area (TPSA) is 107 Å². The number of carbonyl (C=O) groups excluding carboxylic acids is 1. The quantitative estimate of drug-likeness (QED) is 0.770. The second-order valence-electron chi connectivity index (χ2n) is 4.80. The molecule has 1 saturated heterocycles. The third kappa shape index (κ3) is 2.42. The van der Waals surface area contributed by atoms with Crippen LogP contribution in [0.25, 0.3) is 5.65 Å². The Morgan fingerprint density at radius 3 is 3.18 bits per heavy atom. The van der Waals surface area contributed by atoms with Crippen molar-refractivity contribution < 1.29 is 9.53 Å². The fraction of sp³-hybridized carbons (Fsp3) is 0.333. The van der Waals surface area contributed by atoms with Crippen molar-refractivity contribution in [3.05, 3.63) is 28.9 Å². The van der Waals surface area contributed by atoms with Crippen LogP contribution < -0.4 is 5.32 Å². The van der Waals surface area contributed by atoms with E-state index in [4.69, 9.17) is 4.74 Å². The molecule has 9 nitrogen and oxygen atoms in total. The highest BCUT2D eigenvalue weighted by atomic mass is 32.1. The molecule has 3 aromatic rings. The highest BCUT2D eigenvalue weighted by molar-refractivity contribution is 7.15. The molecule has 3 aromatic heterocycles. The number of anilines is 1. The number of fused-ring (bicyclic) bond motifs is 1. The second kappa shape index (κ2) is 5.39. The highest BCUT2D eigenvalue weighted by Gasteiger charge is 2.22. The largest absolute Gasteiger partial charge is 0.371 e. The van der Waals surface area contributed by atoms with Crippen LogP contribution in [0.2, 0.25) is 0 Å². The normalized spacial score (nSPS) is 17.9. The molecule has 10 heteroatoms. The SMILES string of the molecule is O=C(Nc1nnc([C@@H]2CCCO2)s1)c1ccc2nnnn2c1. The summed E-state index contributed by atoms with van der Waals surface area (Å²) in [5.74, 6) is -0.285. The number of hydrogen-bond acceptors (Lipinski definition) is 8. The zero-order valence-electron chi connectivity index (χ0n) is 11.3. The number of tetrazole rings is 1. The Labute approximate surface area is 128 Å². The first-order chi connectivity index (χ1) is 10.8. The summed E-state index contributed by atoms with van der Waals surface area (Å²) in [5, 5.41) is 23.1. The summed E-state index contributed by atoms with van der Waals surface area (Å²) >= 11 is 1.33. The van der Waals surface area contributed by atoms with E-state index >= 15 is 0 Å². The van der Waals surface area contributed by atoms with Gasteiger partial charge in [0.15, 0.2) is 5.65 Å². The zero-order valence-corrected chi connectivity index (χ0v) is 12.2. The summed E-state index contributed by atoms with van der Waals surface area (Å²) in [6.07, 6.45) is 3.53. The van der Waals surface area contributed by atoms with Crippen LogP contribution in [0.5, 0.6) is 0 Å². The van der Waals surface area contributed by atoms with Crippen molar-refractivity contribution in [3.63, 3.8) is 0 Å². The van der Waals surface area contributed by atoms with Gasteiger partial charge in [-0.05, 0) is 35.4 Å². The van der Waals surface area contributed by atoms with Crippen LogP contribution in [0.3, 0.4) is 0 Å². The molecule has 0 radical (unpaired) electrons. The number of ether oxygens (including phenoxy) is 1. The fourth-order valence-electron chi connectivity index (χ4n) is 2.23. The van der Waals surface area contributed by atoms with Gasteiger partial charge in [0.25, 0.3) is 5.91 Å². The van der Waals surface area contributed by atoms with Crippen molar-refractivity contribution in [2.75, 3.05) is 11.9 Å². The molecule has 1 fully saturated rings. The lowest BCUT2D eigenvalue weighted by Crippen LogP contribution is -2.12. The molecule has 0 bridgehead atoms. The van der Waals surface area contributed by atoms with Gasteiger partial charge in [-0.3, -0.25) is 10.1 Å². The maximum atomic E-state index is 12.2. The summed E-state index contributed by atoms with van der Waals surface area (Å²) in [5.41, 5.74) is 1.02. The third-order valence-corrected chi connectivity index (χ3v) is 4.25. The molecule has 0 aromatic carbocycles. The molecule has 0 aliphatic carbocycles. The molecule has 1 amide bonds. The zero-order chi connectivity index (χ0) is 14.9. The summed E-state index contributed by atoms with van der Waals surface area (Å²) in [6, 6.07) is 3.33. The van der Waals surface area contributed by atoms with Crippen LogP contribution in [0.1, 0.15) is 34.3 Å². The number of nitrogens with zero attached hydrogens (tertiary/aromatic N) is 6. The average molecular weight is 317 g/mol. The Balaban J connectivity index is 1.51. The van der Waals surface area contributed by atoms with Crippen molar-refractivity contribution in [3.8, 4) is 0 Å². The van der Waals surface area contributed by atoms with Gasteiger partial charge in [0.05, 0.1) is 5.56 Å². The minimum absolute atomic E-state index is 0.000672. The van der Waals surface area contributed by atoms with Gasteiger partial charge in [-0.1, -0.05) is 11.3 Å². The Kier molecular flexibility index (Phi) is 3.24. The Morgan fingerprint density at radius 2 is 2.32 bits per heavy atom. The van der Waals surface area contributed by atoms with E-state index in [1.165, 1.54) is 15.9 Å². The van der Waals surface area contributed by atoms with E-state index in [9.17, 15) is 4.79 Å². The van der Waals surface area contributed by atoms with Crippen LogP contribution in [-0.2, 0) is 4.74 Å². The number of amides is 1. The molecule has 0 saturated carbocycles. The lowest BCUT2D eigenvalue weighted by atomic mass is 10.2. The molecule has 4 heterocycles. The van der Waals surface area contributed by atoms with E-state index in [2.05, 4.69) is 31.0 Å². The predicted octanol–water partition coefficient (Wildman–Crippen LogP) is 1.08. The number of hydrogen-bond donors (Lipinski definition) is 1. The van der Waals surface area contributed by atoms with Crippen molar-refractivity contribution in [2.24, 2.45) is 0 Å². The average Bonchev–Trinajstić information content (AvgIpc) is 3.27. The van der Waals surface area contributed by atoms with Gasteiger partial charge in [0.1, 0.15) is 11.1 Å². The standard InChI is InChI=1S/C12H11N7O2S/c20-10(7-3-4-9-14-17-18-19(9)6-7)13-12-16-15-11(22-12)8-2-1-5-21-8/h3-4,6,8H,1-2,5H2,(H,13,16,20)/t8-/m0/s1. The van der Waals surface area contributed by atoms with Crippen molar-refractivity contribution >= 4 is 28.0 Å². The molecular weight excluding hydrogens is 306 g/mol. The monoisotopic (exact) mass is 317 g/mol. The summed E-state index contributed by atoms with van der Waals surface area (Å²) in [7, 11) is 0. The van der Waals surface area contributed by atoms with Crippen LogP contribution in [0.15, 0.2) is 18.3 Å². The number of pyridine rings is 1. The van der Waals surface area contributed by atoms with E-state index in [0.717, 1.165) is 24.5 Å². The molecule has 0 spiro atoms. The van der Waals surface area contributed by atoms with Crippen molar-refractivity contribution in [2.45, 2.75) is 18.9 Å². The van der Waals surface area contributed by atoms with Crippen LogP contribution >= 0.6 is 11.3 Å². The summed E-state index contributed by atoms with van der Waals surface area (Å²) in [4.78, 5) is 12.2. The van der Waals surface area contributed by atoms with Crippen molar-refractivity contribution in [1.82, 2.24) is 30.2 Å². The first kappa shape index (κ1) is 13.2. The lowest BCUT2D eigenvalue weighted by Gasteiger charge is -2.02. The molecule has 112 valence electrons. The summed E-state index contributed by atoms with van der Waals surface area (Å²) < 4.78 is 6.99. The maximum Gasteiger partial charge on any atom is 0.259 e. The second-order valence-corrected chi connectivity index (χ2v) is 5.81. The Morgan fingerprint density at radius 1 is 1.36 bits per heavy atom. The van der Waals surface area contributed by atoms with Gasteiger partial charge in [-0.2, -0.15) is 4.52 Å². The van der Waals surface area contributed by atoms with E-state index in [-0.39, 0.29) is 12.0 Å². The molecule has 22 heavy (non-hydrogen) atoms. The first-order valence-corrected chi connectivity index (χ1v) is 7.55. The Hall–Kier alpha value is -2.46. The van der Waals surface area contributed by atoms with Gasteiger partial charge in [0, 0.05) is 12.8 Å². The lowest BCUT2D eigenvalue weighted by molar-refractivity contribution is 0.102. The first-order valence-electron chi connectivity index (χ1n) is 6.74. The van der Waals surface area contributed by atoms with E-state index in [1.54, 1.807) is 18.3 Å². The number of carbonyl (C=O) groups is 1. The van der Waals surface area contributed by atoms with Gasteiger partial charge < -0.3 is 4.74 Å². The highest BCUT2D eigenvalue weighted by Crippen LogP contribution is 2.31. The minimum atomic E-state index is -0.285. The minimum Gasteiger partial charge on any atom is -0.371 e. The maximum absolute atomic E-state index is 12.2.